The molecule has 0 bridgehead atoms. The third-order valence-corrected chi connectivity index (χ3v) is 5.09. The zero-order chi connectivity index (χ0) is 19.2. The lowest BCUT2D eigenvalue weighted by Gasteiger charge is -2.22. The monoisotopic (exact) mass is 402 g/mol. The first kappa shape index (κ1) is 19.2. The molecule has 0 radical (unpaired) electrons. The van der Waals surface area contributed by atoms with Crippen LogP contribution in [0.2, 0.25) is 5.02 Å². The van der Waals surface area contributed by atoms with Gasteiger partial charge in [-0.1, -0.05) is 23.7 Å². The van der Waals surface area contributed by atoms with Crippen molar-refractivity contribution in [3.8, 4) is 17.0 Å². The van der Waals surface area contributed by atoms with Gasteiger partial charge in [-0.25, -0.2) is 10.8 Å². The van der Waals surface area contributed by atoms with Crippen LogP contribution in [0.3, 0.4) is 0 Å². The molecule has 0 spiro atoms. The van der Waals surface area contributed by atoms with Crippen LogP contribution in [0.15, 0.2) is 53.9 Å². The Morgan fingerprint density at radius 1 is 1.22 bits per heavy atom. The minimum atomic E-state index is -0.233. The number of thiazole rings is 1. The number of nitrogens with two attached hydrogens (primary N) is 1. The van der Waals surface area contributed by atoms with Gasteiger partial charge < -0.3 is 9.64 Å². The van der Waals surface area contributed by atoms with E-state index in [-0.39, 0.29) is 12.3 Å². The van der Waals surface area contributed by atoms with Crippen molar-refractivity contribution in [1.29, 1.82) is 0 Å². The fraction of sp³-hybridized carbons (Fsp3) is 0.158. The van der Waals surface area contributed by atoms with Crippen LogP contribution >= 0.6 is 22.9 Å². The van der Waals surface area contributed by atoms with Crippen LogP contribution in [0, 0.1) is 0 Å². The minimum absolute atomic E-state index is 0.233. The summed E-state index contributed by atoms with van der Waals surface area (Å²) in [7, 11) is 1.62. The Morgan fingerprint density at radius 3 is 2.56 bits per heavy atom. The van der Waals surface area contributed by atoms with E-state index in [1.54, 1.807) is 7.11 Å². The Labute approximate surface area is 166 Å². The molecule has 8 heteroatoms. The Hall–Kier alpha value is -2.61. The van der Waals surface area contributed by atoms with E-state index in [1.807, 2.05) is 58.8 Å². The predicted octanol–water partition coefficient (Wildman–Crippen LogP) is 3.99. The highest BCUT2D eigenvalue weighted by molar-refractivity contribution is 7.14. The second-order valence-electron chi connectivity index (χ2n) is 5.69. The van der Waals surface area contributed by atoms with Crippen molar-refractivity contribution in [2.75, 3.05) is 18.6 Å². The number of aromatic nitrogens is 1. The number of hydrogen-bond donors (Lipinski definition) is 2. The maximum absolute atomic E-state index is 11.6. The number of carbonyl (C=O) groups excluding carboxylic acids is 1. The molecule has 1 amide bonds. The lowest BCUT2D eigenvalue weighted by Crippen LogP contribution is -2.33. The van der Waals surface area contributed by atoms with Crippen LogP contribution in [0.5, 0.6) is 5.75 Å². The molecule has 0 fully saturated rings. The second kappa shape index (κ2) is 8.85. The summed E-state index contributed by atoms with van der Waals surface area (Å²) in [6.07, 6.45) is 0.248. The van der Waals surface area contributed by atoms with Gasteiger partial charge in [0.25, 0.3) is 0 Å². The average Bonchev–Trinajstić information content (AvgIpc) is 3.18. The third kappa shape index (κ3) is 4.77. The molecule has 27 heavy (non-hydrogen) atoms. The number of amides is 1. The van der Waals surface area contributed by atoms with Gasteiger partial charge in [-0.2, -0.15) is 0 Å². The summed E-state index contributed by atoms with van der Waals surface area (Å²) in [5.74, 6) is 5.74. The first-order valence-corrected chi connectivity index (χ1v) is 9.49. The van der Waals surface area contributed by atoms with Gasteiger partial charge in [-0.05, 0) is 36.4 Å². The summed E-state index contributed by atoms with van der Waals surface area (Å²) in [5.41, 5.74) is 4.91. The van der Waals surface area contributed by atoms with Crippen LogP contribution in [0.4, 0.5) is 10.8 Å². The lowest BCUT2D eigenvalue weighted by molar-refractivity contribution is -0.120. The zero-order valence-corrected chi connectivity index (χ0v) is 16.3. The number of halogens is 1. The normalized spacial score (nSPS) is 10.5. The number of nitrogens with one attached hydrogen (secondary N) is 1. The van der Waals surface area contributed by atoms with Gasteiger partial charge in [0.1, 0.15) is 5.75 Å². The highest BCUT2D eigenvalue weighted by Gasteiger charge is 2.16. The first-order chi connectivity index (χ1) is 13.1. The highest BCUT2D eigenvalue weighted by atomic mass is 35.5. The largest absolute Gasteiger partial charge is 0.497 e. The number of ether oxygens (including phenoxy) is 1. The summed E-state index contributed by atoms with van der Waals surface area (Å²) < 4.78 is 5.22. The van der Waals surface area contributed by atoms with E-state index in [0.29, 0.717) is 11.6 Å². The summed E-state index contributed by atoms with van der Waals surface area (Å²) in [4.78, 5) is 18.4. The van der Waals surface area contributed by atoms with Gasteiger partial charge in [0.15, 0.2) is 5.13 Å². The van der Waals surface area contributed by atoms with E-state index in [4.69, 9.17) is 27.2 Å². The van der Waals surface area contributed by atoms with Gasteiger partial charge in [0.05, 0.1) is 12.8 Å². The SMILES string of the molecule is COc1ccc(N(CCC(=O)NN)c2nc(-c3ccc(Cl)cc3)cs2)cc1. The van der Waals surface area contributed by atoms with E-state index in [9.17, 15) is 4.79 Å². The number of rotatable bonds is 7. The fourth-order valence-corrected chi connectivity index (χ4v) is 3.53. The molecule has 3 N–H and O–H groups in total. The quantitative estimate of drug-likeness (QED) is 0.355. The number of carbonyl (C=O) groups is 1. The zero-order valence-electron chi connectivity index (χ0n) is 14.7. The predicted molar refractivity (Wildman–Crippen MR) is 110 cm³/mol. The average molecular weight is 403 g/mol. The molecule has 3 rings (SSSR count). The maximum Gasteiger partial charge on any atom is 0.235 e. The molecule has 0 aliphatic rings. The van der Waals surface area contributed by atoms with Crippen molar-refractivity contribution in [2.45, 2.75) is 6.42 Å². The molecule has 0 aliphatic carbocycles. The van der Waals surface area contributed by atoms with Crippen molar-refractivity contribution < 1.29 is 9.53 Å². The van der Waals surface area contributed by atoms with Gasteiger partial charge in [-0.3, -0.25) is 10.2 Å². The van der Waals surface area contributed by atoms with E-state index in [1.165, 1.54) is 11.3 Å². The molecule has 6 nitrogen and oxygen atoms in total. The smallest absolute Gasteiger partial charge is 0.235 e. The molecule has 0 saturated carbocycles. The number of nitrogens with zero attached hydrogens (tertiary/aromatic N) is 2. The van der Waals surface area contributed by atoms with Crippen LogP contribution in [0.25, 0.3) is 11.3 Å². The van der Waals surface area contributed by atoms with Crippen LogP contribution in [0.1, 0.15) is 6.42 Å². The van der Waals surface area contributed by atoms with Crippen LogP contribution in [-0.4, -0.2) is 24.5 Å². The molecular weight excluding hydrogens is 384 g/mol. The van der Waals surface area contributed by atoms with E-state index in [2.05, 4.69) is 5.43 Å². The fourth-order valence-electron chi connectivity index (χ4n) is 2.52. The standard InChI is InChI=1S/C19H19ClN4O2S/c1-26-16-8-6-15(7-9-16)24(11-10-18(25)23-21)19-22-17(12-27-19)13-2-4-14(20)5-3-13/h2-9,12H,10-11,21H2,1H3,(H,23,25). The van der Waals surface area contributed by atoms with Gasteiger partial charge >= 0.3 is 0 Å². The third-order valence-electron chi connectivity index (χ3n) is 3.97. The summed E-state index contributed by atoms with van der Waals surface area (Å²) >= 11 is 7.47. The number of anilines is 2. The van der Waals surface area contributed by atoms with Crippen molar-refractivity contribution in [2.24, 2.45) is 5.84 Å². The lowest BCUT2D eigenvalue weighted by atomic mass is 10.2. The second-order valence-corrected chi connectivity index (χ2v) is 6.96. The van der Waals surface area contributed by atoms with Crippen LogP contribution in [-0.2, 0) is 4.79 Å². The molecule has 1 aromatic heterocycles. The first-order valence-electron chi connectivity index (χ1n) is 8.23. The Morgan fingerprint density at radius 2 is 1.93 bits per heavy atom. The molecule has 140 valence electrons. The molecule has 0 unspecified atom stereocenters. The molecule has 0 saturated heterocycles. The van der Waals surface area contributed by atoms with Gasteiger partial charge in [0, 0.05) is 34.6 Å². The number of benzene rings is 2. The van der Waals surface area contributed by atoms with Crippen molar-refractivity contribution >= 4 is 39.7 Å². The van der Waals surface area contributed by atoms with Crippen molar-refractivity contribution in [3.05, 3.63) is 58.9 Å². The number of hydrogen-bond acceptors (Lipinski definition) is 6. The Bertz CT molecular complexity index is 897. The molecule has 0 atom stereocenters. The molecule has 0 aliphatic heterocycles. The van der Waals surface area contributed by atoms with Gasteiger partial charge in [-0.15, -0.1) is 11.3 Å². The molecule has 3 aromatic rings. The summed E-state index contributed by atoms with van der Waals surface area (Å²) in [5, 5.41) is 3.45. The minimum Gasteiger partial charge on any atom is -0.497 e. The molecule has 1 heterocycles. The van der Waals surface area contributed by atoms with Crippen molar-refractivity contribution in [1.82, 2.24) is 10.4 Å². The molecule has 2 aromatic carbocycles. The molecular formula is C19H19ClN4O2S. The Kier molecular flexibility index (Phi) is 6.28. The summed E-state index contributed by atoms with van der Waals surface area (Å²) in [6.45, 7) is 0.447. The summed E-state index contributed by atoms with van der Waals surface area (Å²) in [6, 6.07) is 15.1. The van der Waals surface area contributed by atoms with E-state index < -0.39 is 0 Å². The van der Waals surface area contributed by atoms with E-state index in [0.717, 1.165) is 27.8 Å². The van der Waals surface area contributed by atoms with E-state index >= 15 is 0 Å². The van der Waals surface area contributed by atoms with Crippen LogP contribution < -0.4 is 20.9 Å². The van der Waals surface area contributed by atoms with Gasteiger partial charge in [0.2, 0.25) is 5.91 Å². The highest BCUT2D eigenvalue weighted by Crippen LogP contribution is 2.33. The maximum atomic E-state index is 11.6. The topological polar surface area (TPSA) is 80.5 Å². The Balaban J connectivity index is 1.89. The number of hydrazine groups is 1. The van der Waals surface area contributed by atoms with Crippen molar-refractivity contribution in [3.63, 3.8) is 0 Å². The number of methoxy groups -OCH3 is 1.